The van der Waals surface area contributed by atoms with E-state index in [9.17, 15) is 13.2 Å². The molecule has 27 heavy (non-hydrogen) atoms. The van der Waals surface area contributed by atoms with Crippen LogP contribution >= 0.6 is 38.9 Å². The Bertz CT molecular complexity index is 940. The van der Waals surface area contributed by atoms with Gasteiger partial charge in [0.2, 0.25) is 5.91 Å². The number of rotatable bonds is 5. The van der Waals surface area contributed by atoms with E-state index in [2.05, 4.69) is 21.2 Å². The molecule has 1 amide bonds. The van der Waals surface area contributed by atoms with Crippen molar-refractivity contribution >= 4 is 60.5 Å². The van der Waals surface area contributed by atoms with Crippen LogP contribution in [0.2, 0.25) is 5.02 Å². The van der Waals surface area contributed by atoms with E-state index in [1.165, 1.54) is 22.8 Å². The molecule has 6 nitrogen and oxygen atoms in total. The van der Waals surface area contributed by atoms with Gasteiger partial charge in [0, 0.05) is 24.0 Å². The number of hydrogen-bond acceptors (Lipinski definition) is 5. The van der Waals surface area contributed by atoms with E-state index in [0.29, 0.717) is 46.6 Å². The van der Waals surface area contributed by atoms with Gasteiger partial charge in [0.15, 0.2) is 0 Å². The van der Waals surface area contributed by atoms with Crippen LogP contribution in [0.1, 0.15) is 12.8 Å². The van der Waals surface area contributed by atoms with E-state index in [1.807, 2.05) is 0 Å². The van der Waals surface area contributed by atoms with Gasteiger partial charge in [-0.2, -0.15) is 4.31 Å². The highest BCUT2D eigenvalue weighted by Crippen LogP contribution is 2.32. The SMILES string of the molecule is COc1ccc(Cl)cc1NC(=O)C1CCN(S(=O)(=O)c2ccc(Br)s2)CC1. The number of hydrogen-bond donors (Lipinski definition) is 1. The maximum absolute atomic E-state index is 12.7. The number of halogens is 2. The summed E-state index contributed by atoms with van der Waals surface area (Å²) in [5.74, 6) is 0.0951. The molecule has 1 saturated heterocycles. The molecule has 1 aromatic carbocycles. The first-order chi connectivity index (χ1) is 12.8. The van der Waals surface area contributed by atoms with Crippen LogP contribution in [0.3, 0.4) is 0 Å². The lowest BCUT2D eigenvalue weighted by molar-refractivity contribution is -0.120. The standard InChI is InChI=1S/C17H18BrClN2O4S2/c1-25-14-3-2-12(19)10-13(14)20-17(22)11-6-8-21(9-7-11)27(23,24)16-5-4-15(18)26-16/h2-5,10-11H,6-9H2,1H3,(H,20,22). The summed E-state index contributed by atoms with van der Waals surface area (Å²) in [7, 11) is -1.99. The first-order valence-corrected chi connectivity index (χ1v) is 11.6. The third-order valence-corrected chi connectivity index (χ3v) is 8.61. The van der Waals surface area contributed by atoms with Crippen LogP contribution in [0.4, 0.5) is 5.69 Å². The average molecular weight is 494 g/mol. The Morgan fingerprint density at radius 3 is 2.59 bits per heavy atom. The van der Waals surface area contributed by atoms with E-state index in [4.69, 9.17) is 16.3 Å². The smallest absolute Gasteiger partial charge is 0.252 e. The highest BCUT2D eigenvalue weighted by molar-refractivity contribution is 9.11. The van der Waals surface area contributed by atoms with Crippen molar-refractivity contribution in [2.45, 2.75) is 17.1 Å². The van der Waals surface area contributed by atoms with Gasteiger partial charge in [-0.05, 0) is 59.1 Å². The maximum atomic E-state index is 12.7. The van der Waals surface area contributed by atoms with E-state index >= 15 is 0 Å². The molecule has 0 saturated carbocycles. The van der Waals surface area contributed by atoms with E-state index in [-0.39, 0.29) is 11.8 Å². The van der Waals surface area contributed by atoms with Crippen LogP contribution in [0.15, 0.2) is 38.3 Å². The molecule has 1 N–H and O–H groups in total. The van der Waals surface area contributed by atoms with Gasteiger partial charge in [0.1, 0.15) is 9.96 Å². The third-order valence-electron chi connectivity index (χ3n) is 4.39. The molecule has 1 aliphatic heterocycles. The maximum Gasteiger partial charge on any atom is 0.252 e. The van der Waals surface area contributed by atoms with Crippen molar-refractivity contribution in [2.24, 2.45) is 5.92 Å². The van der Waals surface area contributed by atoms with Gasteiger partial charge < -0.3 is 10.1 Å². The summed E-state index contributed by atoms with van der Waals surface area (Å²) in [6.45, 7) is 0.616. The minimum atomic E-state index is -3.51. The van der Waals surface area contributed by atoms with Gasteiger partial charge in [-0.15, -0.1) is 11.3 Å². The molecule has 2 heterocycles. The lowest BCUT2D eigenvalue weighted by atomic mass is 9.97. The van der Waals surface area contributed by atoms with Crippen molar-refractivity contribution in [1.29, 1.82) is 0 Å². The zero-order valence-electron chi connectivity index (χ0n) is 14.4. The van der Waals surface area contributed by atoms with Crippen molar-refractivity contribution in [2.75, 3.05) is 25.5 Å². The van der Waals surface area contributed by atoms with Gasteiger partial charge in [0.25, 0.3) is 10.0 Å². The largest absolute Gasteiger partial charge is 0.495 e. The van der Waals surface area contributed by atoms with E-state index in [1.54, 1.807) is 30.3 Å². The summed E-state index contributed by atoms with van der Waals surface area (Å²) in [6.07, 6.45) is 0.918. The van der Waals surface area contributed by atoms with Crippen LogP contribution < -0.4 is 10.1 Å². The van der Waals surface area contributed by atoms with Crippen LogP contribution in [0, 0.1) is 5.92 Å². The van der Waals surface area contributed by atoms with Gasteiger partial charge in [0.05, 0.1) is 16.6 Å². The Morgan fingerprint density at radius 1 is 1.30 bits per heavy atom. The number of ether oxygens (including phenoxy) is 1. The molecular weight excluding hydrogens is 476 g/mol. The molecular formula is C17H18BrClN2O4S2. The van der Waals surface area contributed by atoms with Gasteiger partial charge in [-0.3, -0.25) is 4.79 Å². The first-order valence-electron chi connectivity index (χ1n) is 8.21. The predicted molar refractivity (Wildman–Crippen MR) is 110 cm³/mol. The fourth-order valence-electron chi connectivity index (χ4n) is 2.93. The number of amides is 1. The molecule has 1 fully saturated rings. The highest BCUT2D eigenvalue weighted by atomic mass is 79.9. The quantitative estimate of drug-likeness (QED) is 0.677. The lowest BCUT2D eigenvalue weighted by Crippen LogP contribution is -2.41. The van der Waals surface area contributed by atoms with Crippen molar-refractivity contribution in [3.63, 3.8) is 0 Å². The molecule has 0 spiro atoms. The summed E-state index contributed by atoms with van der Waals surface area (Å²) in [6, 6.07) is 8.31. The molecule has 0 unspecified atom stereocenters. The second-order valence-corrected chi connectivity index (χ2v) is 11.1. The number of methoxy groups -OCH3 is 1. The van der Waals surface area contributed by atoms with Crippen molar-refractivity contribution in [3.05, 3.63) is 39.1 Å². The summed E-state index contributed by atoms with van der Waals surface area (Å²) < 4.78 is 33.1. The molecule has 3 rings (SSSR count). The van der Waals surface area contributed by atoms with E-state index < -0.39 is 10.0 Å². The van der Waals surface area contributed by atoms with Crippen LogP contribution in [-0.4, -0.2) is 38.8 Å². The third kappa shape index (κ3) is 4.65. The number of benzene rings is 1. The molecule has 10 heteroatoms. The molecule has 2 aromatic rings. The average Bonchev–Trinajstić information content (AvgIpc) is 3.09. The van der Waals surface area contributed by atoms with Gasteiger partial charge in [-0.25, -0.2) is 8.42 Å². The number of anilines is 1. The molecule has 146 valence electrons. The molecule has 0 aliphatic carbocycles. The molecule has 1 aromatic heterocycles. The number of piperidine rings is 1. The second-order valence-electron chi connectivity index (χ2n) is 6.07. The van der Waals surface area contributed by atoms with Crippen LogP contribution in [-0.2, 0) is 14.8 Å². The van der Waals surface area contributed by atoms with Crippen LogP contribution in [0.25, 0.3) is 0 Å². The monoisotopic (exact) mass is 492 g/mol. The summed E-state index contributed by atoms with van der Waals surface area (Å²) in [5, 5.41) is 3.33. The number of thiophene rings is 1. The Labute approximate surface area is 175 Å². The first kappa shape index (κ1) is 20.6. The van der Waals surface area contributed by atoms with Crippen LogP contribution in [0.5, 0.6) is 5.75 Å². The number of carbonyl (C=O) groups excluding carboxylic acids is 1. The summed E-state index contributed by atoms with van der Waals surface area (Å²) >= 11 is 10.5. The van der Waals surface area contributed by atoms with Crippen molar-refractivity contribution in [1.82, 2.24) is 4.31 Å². The Morgan fingerprint density at radius 2 is 2.00 bits per heavy atom. The normalized spacial score (nSPS) is 16.3. The lowest BCUT2D eigenvalue weighted by Gasteiger charge is -2.30. The molecule has 0 atom stereocenters. The highest BCUT2D eigenvalue weighted by Gasteiger charge is 2.33. The fourth-order valence-corrected chi connectivity index (χ4v) is 6.74. The minimum Gasteiger partial charge on any atom is -0.495 e. The Hall–Kier alpha value is -1.13. The fraction of sp³-hybridized carbons (Fsp3) is 0.353. The number of nitrogens with zero attached hydrogens (tertiary/aromatic N) is 1. The number of sulfonamides is 1. The number of nitrogens with one attached hydrogen (secondary N) is 1. The zero-order chi connectivity index (χ0) is 19.6. The summed E-state index contributed by atoms with van der Waals surface area (Å²) in [5.41, 5.74) is 0.508. The number of carbonyl (C=O) groups is 1. The summed E-state index contributed by atoms with van der Waals surface area (Å²) in [4.78, 5) is 12.6. The van der Waals surface area contributed by atoms with Gasteiger partial charge in [-0.1, -0.05) is 11.6 Å². The van der Waals surface area contributed by atoms with Crippen molar-refractivity contribution < 1.29 is 17.9 Å². The zero-order valence-corrected chi connectivity index (χ0v) is 18.4. The topological polar surface area (TPSA) is 75.7 Å². The molecule has 1 aliphatic rings. The second kappa shape index (κ2) is 8.48. The van der Waals surface area contributed by atoms with Gasteiger partial charge >= 0.3 is 0 Å². The Balaban J connectivity index is 1.64. The van der Waals surface area contributed by atoms with Crippen molar-refractivity contribution in [3.8, 4) is 5.75 Å². The predicted octanol–water partition coefficient (Wildman–Crippen LogP) is 4.21. The Kier molecular flexibility index (Phi) is 6.47. The van der Waals surface area contributed by atoms with E-state index in [0.717, 1.165) is 3.79 Å². The minimum absolute atomic E-state index is 0.161. The molecule has 0 bridgehead atoms. The molecule has 0 radical (unpaired) electrons.